The highest BCUT2D eigenvalue weighted by molar-refractivity contribution is 8.04. The van der Waals surface area contributed by atoms with Crippen LogP contribution in [-0.2, 0) is 9.59 Å². The van der Waals surface area contributed by atoms with E-state index in [4.69, 9.17) is 0 Å². The lowest BCUT2D eigenvalue weighted by molar-refractivity contribution is -0.137. The van der Waals surface area contributed by atoms with E-state index in [-0.39, 0.29) is 29.5 Å². The number of carbonyl (C=O) groups is 3. The first-order valence-corrected chi connectivity index (χ1v) is 12.9. The second-order valence-corrected chi connectivity index (χ2v) is 10.4. The molecule has 0 aromatic heterocycles. The molecule has 7 nitrogen and oxygen atoms in total. The summed E-state index contributed by atoms with van der Waals surface area (Å²) in [6.45, 7) is 8.15. The lowest BCUT2D eigenvalue weighted by atomic mass is 10.1. The number of anilines is 3. The summed E-state index contributed by atoms with van der Waals surface area (Å²) in [5.41, 5.74) is 4.27. The standard InChI is InChI=1S/C29H30N4O3S/c1-18(2)17-33-27(34)25(30-21-12-6-5-7-13-21)26(28(33)35)37-23-15-9-14-22(16-23)31-29(36)32-24-19(3)10-8-11-20(24)4/h5-16,18,30H,17H2,1-4H3,(H2,31,32,36). The maximum Gasteiger partial charge on any atom is 0.323 e. The minimum absolute atomic E-state index is 0.137. The predicted octanol–water partition coefficient (Wildman–Crippen LogP) is 6.39. The molecule has 0 bridgehead atoms. The normalized spacial score (nSPS) is 13.4. The molecule has 4 amide bonds. The average molecular weight is 515 g/mol. The molecule has 1 aliphatic rings. The average Bonchev–Trinajstić information content (AvgIpc) is 3.06. The third kappa shape index (κ3) is 6.21. The van der Waals surface area contributed by atoms with Crippen LogP contribution in [0.15, 0.2) is 88.3 Å². The van der Waals surface area contributed by atoms with Crippen molar-refractivity contribution < 1.29 is 14.4 Å². The Kier molecular flexibility index (Phi) is 7.98. The molecule has 3 N–H and O–H groups in total. The number of nitrogens with one attached hydrogen (secondary N) is 3. The summed E-state index contributed by atoms with van der Waals surface area (Å²) in [5, 5.41) is 8.91. The van der Waals surface area contributed by atoms with Crippen LogP contribution in [-0.4, -0.2) is 29.3 Å². The summed E-state index contributed by atoms with van der Waals surface area (Å²) in [6, 6.07) is 22.0. The van der Waals surface area contributed by atoms with Crippen molar-refractivity contribution in [3.8, 4) is 0 Å². The number of amides is 4. The molecule has 1 heterocycles. The van der Waals surface area contributed by atoms with Gasteiger partial charge in [-0.3, -0.25) is 14.5 Å². The van der Waals surface area contributed by atoms with Gasteiger partial charge in [-0.2, -0.15) is 0 Å². The summed E-state index contributed by atoms with van der Waals surface area (Å²) < 4.78 is 0. The van der Waals surface area contributed by atoms with E-state index in [9.17, 15) is 14.4 Å². The number of imide groups is 1. The Balaban J connectivity index is 1.56. The van der Waals surface area contributed by atoms with Crippen molar-refractivity contribution in [3.05, 3.63) is 94.5 Å². The van der Waals surface area contributed by atoms with Gasteiger partial charge in [-0.25, -0.2) is 4.79 Å². The summed E-state index contributed by atoms with van der Waals surface area (Å²) in [6.07, 6.45) is 0. The Morgan fingerprint density at radius 2 is 1.49 bits per heavy atom. The number of benzene rings is 3. The smallest absolute Gasteiger partial charge is 0.323 e. The number of carbonyl (C=O) groups excluding carboxylic acids is 3. The molecule has 3 aromatic rings. The van der Waals surface area contributed by atoms with Gasteiger partial charge in [-0.05, 0) is 61.2 Å². The molecule has 1 aliphatic heterocycles. The van der Waals surface area contributed by atoms with Crippen LogP contribution in [0.5, 0.6) is 0 Å². The van der Waals surface area contributed by atoms with Gasteiger partial charge in [0.25, 0.3) is 11.8 Å². The van der Waals surface area contributed by atoms with Crippen LogP contribution in [0, 0.1) is 19.8 Å². The first kappa shape index (κ1) is 26.0. The van der Waals surface area contributed by atoms with E-state index in [2.05, 4.69) is 16.0 Å². The van der Waals surface area contributed by atoms with E-state index in [0.717, 1.165) is 27.4 Å². The van der Waals surface area contributed by atoms with Crippen molar-refractivity contribution in [2.75, 3.05) is 22.5 Å². The highest BCUT2D eigenvalue weighted by atomic mass is 32.2. The number of rotatable bonds is 8. The largest absolute Gasteiger partial charge is 0.350 e. The number of para-hydroxylation sites is 2. The Morgan fingerprint density at radius 3 is 2.16 bits per heavy atom. The monoisotopic (exact) mass is 514 g/mol. The molecule has 190 valence electrons. The van der Waals surface area contributed by atoms with E-state index >= 15 is 0 Å². The van der Waals surface area contributed by atoms with Crippen molar-refractivity contribution in [2.45, 2.75) is 32.6 Å². The van der Waals surface area contributed by atoms with Gasteiger partial charge in [0.15, 0.2) is 0 Å². The van der Waals surface area contributed by atoms with Crippen LogP contribution in [0.2, 0.25) is 0 Å². The molecule has 3 aromatic carbocycles. The van der Waals surface area contributed by atoms with Crippen LogP contribution in [0.4, 0.5) is 21.9 Å². The first-order chi connectivity index (χ1) is 17.7. The van der Waals surface area contributed by atoms with Gasteiger partial charge in [0.2, 0.25) is 0 Å². The number of aryl methyl sites for hydroxylation is 2. The van der Waals surface area contributed by atoms with Gasteiger partial charge in [0, 0.05) is 28.5 Å². The molecule has 0 aliphatic carbocycles. The van der Waals surface area contributed by atoms with Crippen molar-refractivity contribution in [1.29, 1.82) is 0 Å². The second kappa shape index (κ2) is 11.3. The van der Waals surface area contributed by atoms with E-state index < -0.39 is 0 Å². The Bertz CT molecular complexity index is 1350. The van der Waals surface area contributed by atoms with Gasteiger partial charge >= 0.3 is 6.03 Å². The third-order valence-electron chi connectivity index (χ3n) is 5.75. The fourth-order valence-electron chi connectivity index (χ4n) is 4.00. The summed E-state index contributed by atoms with van der Waals surface area (Å²) >= 11 is 1.20. The predicted molar refractivity (Wildman–Crippen MR) is 150 cm³/mol. The third-order valence-corrected chi connectivity index (χ3v) is 6.82. The van der Waals surface area contributed by atoms with Gasteiger partial charge in [-0.1, -0.05) is 68.1 Å². The molecule has 0 unspecified atom stereocenters. The second-order valence-electron chi connectivity index (χ2n) is 9.29. The van der Waals surface area contributed by atoms with Crippen molar-refractivity contribution in [3.63, 3.8) is 0 Å². The highest BCUT2D eigenvalue weighted by Gasteiger charge is 2.39. The van der Waals surface area contributed by atoms with E-state index in [1.165, 1.54) is 16.7 Å². The molecular formula is C29H30N4O3S. The molecule has 0 spiro atoms. The summed E-state index contributed by atoms with van der Waals surface area (Å²) in [4.78, 5) is 41.5. The number of hydrogen-bond acceptors (Lipinski definition) is 5. The molecular weight excluding hydrogens is 484 g/mol. The van der Waals surface area contributed by atoms with Gasteiger partial charge < -0.3 is 16.0 Å². The number of urea groups is 1. The molecule has 0 atom stereocenters. The van der Waals surface area contributed by atoms with Crippen LogP contribution in [0.3, 0.4) is 0 Å². The van der Waals surface area contributed by atoms with E-state index in [0.29, 0.717) is 17.1 Å². The van der Waals surface area contributed by atoms with Crippen molar-refractivity contribution in [2.24, 2.45) is 5.92 Å². The van der Waals surface area contributed by atoms with Crippen LogP contribution >= 0.6 is 11.8 Å². The maximum absolute atomic E-state index is 13.3. The van der Waals surface area contributed by atoms with Gasteiger partial charge in [0.1, 0.15) is 10.6 Å². The fourth-order valence-corrected chi connectivity index (χ4v) is 5.00. The number of hydrogen-bond donors (Lipinski definition) is 3. The first-order valence-electron chi connectivity index (χ1n) is 12.1. The minimum Gasteiger partial charge on any atom is -0.350 e. The molecule has 8 heteroatoms. The molecule has 0 fully saturated rings. The van der Waals surface area contributed by atoms with Crippen LogP contribution in [0.25, 0.3) is 0 Å². The lowest BCUT2D eigenvalue weighted by Crippen LogP contribution is -2.35. The topological polar surface area (TPSA) is 90.5 Å². The number of nitrogens with zero attached hydrogens (tertiary/aromatic N) is 1. The zero-order valence-corrected chi connectivity index (χ0v) is 22.1. The van der Waals surface area contributed by atoms with Crippen molar-refractivity contribution >= 4 is 46.7 Å². The van der Waals surface area contributed by atoms with E-state index in [1.54, 1.807) is 18.2 Å². The minimum atomic E-state index is -0.361. The molecule has 0 radical (unpaired) electrons. The fraction of sp³-hybridized carbons (Fsp3) is 0.207. The maximum atomic E-state index is 13.3. The molecule has 4 rings (SSSR count). The molecule has 37 heavy (non-hydrogen) atoms. The van der Waals surface area contributed by atoms with Crippen molar-refractivity contribution in [1.82, 2.24) is 4.90 Å². The number of thioether (sulfide) groups is 1. The van der Waals surface area contributed by atoms with E-state index in [1.807, 2.05) is 82.3 Å². The highest BCUT2D eigenvalue weighted by Crippen LogP contribution is 2.37. The molecule has 0 saturated heterocycles. The Morgan fingerprint density at radius 1 is 0.838 bits per heavy atom. The van der Waals surface area contributed by atoms with Crippen LogP contribution in [0.1, 0.15) is 25.0 Å². The van der Waals surface area contributed by atoms with Gasteiger partial charge in [0.05, 0.1) is 0 Å². The zero-order valence-electron chi connectivity index (χ0n) is 21.3. The molecule has 0 saturated carbocycles. The van der Waals surface area contributed by atoms with Crippen LogP contribution < -0.4 is 16.0 Å². The zero-order chi connectivity index (χ0) is 26.5. The lowest BCUT2D eigenvalue weighted by Gasteiger charge is -2.17. The quantitative estimate of drug-likeness (QED) is 0.303. The SMILES string of the molecule is Cc1cccc(C)c1NC(=O)Nc1cccc(SC2=C(Nc3ccccc3)C(=O)N(CC(C)C)C2=O)c1. The Hall–Kier alpha value is -4.04. The Labute approximate surface area is 221 Å². The van der Waals surface area contributed by atoms with Gasteiger partial charge in [-0.15, -0.1) is 0 Å². The summed E-state index contributed by atoms with van der Waals surface area (Å²) in [5.74, 6) is -0.529. The summed E-state index contributed by atoms with van der Waals surface area (Å²) in [7, 11) is 0.